The summed E-state index contributed by atoms with van der Waals surface area (Å²) in [6.07, 6.45) is 4.96. The molecule has 0 bridgehead atoms. The van der Waals surface area contributed by atoms with Crippen LogP contribution in [0.2, 0.25) is 0 Å². The predicted octanol–water partition coefficient (Wildman–Crippen LogP) is 1.23. The Morgan fingerprint density at radius 2 is 1.75 bits per heavy atom. The standard InChI is InChI=1S/C7H10O/c8-4-5-1-6-3-7(6)2-5/h4-7H,1-3H2/t6-,7-/m1/s1. The maximum atomic E-state index is 10.2. The molecule has 2 saturated carbocycles. The van der Waals surface area contributed by atoms with Gasteiger partial charge in [-0.15, -0.1) is 0 Å². The van der Waals surface area contributed by atoms with Crippen LogP contribution in [0.15, 0.2) is 0 Å². The molecule has 0 aliphatic heterocycles. The van der Waals surface area contributed by atoms with E-state index in [4.69, 9.17) is 0 Å². The Kier molecular flexibility index (Phi) is 0.758. The summed E-state index contributed by atoms with van der Waals surface area (Å²) in [7, 11) is 0. The number of aldehydes is 1. The van der Waals surface area contributed by atoms with Crippen molar-refractivity contribution in [2.24, 2.45) is 17.8 Å². The molecule has 2 rings (SSSR count). The Bertz CT molecular complexity index is 110. The van der Waals surface area contributed by atoms with Gasteiger partial charge < -0.3 is 4.79 Å². The molecule has 2 aliphatic carbocycles. The van der Waals surface area contributed by atoms with Crippen LogP contribution in [0, 0.1) is 17.8 Å². The van der Waals surface area contributed by atoms with Gasteiger partial charge in [0, 0.05) is 5.92 Å². The molecule has 1 nitrogen and oxygen atoms in total. The highest BCUT2D eigenvalue weighted by Gasteiger charge is 2.45. The third kappa shape index (κ3) is 0.504. The summed E-state index contributed by atoms with van der Waals surface area (Å²) >= 11 is 0. The summed E-state index contributed by atoms with van der Waals surface area (Å²) in [4.78, 5) is 10.2. The zero-order valence-electron chi connectivity index (χ0n) is 4.84. The van der Waals surface area contributed by atoms with Crippen LogP contribution in [0.5, 0.6) is 0 Å². The van der Waals surface area contributed by atoms with E-state index >= 15 is 0 Å². The molecule has 44 valence electrons. The summed E-state index contributed by atoms with van der Waals surface area (Å²) in [5, 5.41) is 0. The minimum absolute atomic E-state index is 0.443. The van der Waals surface area contributed by atoms with Gasteiger partial charge >= 0.3 is 0 Å². The number of fused-ring (bicyclic) bond motifs is 1. The molecule has 2 atom stereocenters. The average Bonchev–Trinajstić information content (AvgIpc) is 2.40. The quantitative estimate of drug-likeness (QED) is 0.464. The van der Waals surface area contributed by atoms with Crippen LogP contribution in [0.4, 0.5) is 0 Å². The second-order valence-corrected chi connectivity index (χ2v) is 3.12. The highest BCUT2D eigenvalue weighted by Crippen LogP contribution is 2.53. The first kappa shape index (κ1) is 4.54. The second-order valence-electron chi connectivity index (χ2n) is 3.12. The largest absolute Gasteiger partial charge is 0.303 e. The Balaban J connectivity index is 1.98. The molecule has 8 heavy (non-hydrogen) atoms. The molecule has 0 aromatic rings. The Hall–Kier alpha value is -0.330. The zero-order valence-corrected chi connectivity index (χ0v) is 4.84. The second kappa shape index (κ2) is 1.34. The van der Waals surface area contributed by atoms with Crippen LogP contribution in [-0.4, -0.2) is 6.29 Å². The molecular formula is C7H10O. The lowest BCUT2D eigenvalue weighted by molar-refractivity contribution is -0.111. The van der Waals surface area contributed by atoms with Crippen molar-refractivity contribution >= 4 is 6.29 Å². The summed E-state index contributed by atoms with van der Waals surface area (Å²) in [5.74, 6) is 2.37. The van der Waals surface area contributed by atoms with E-state index in [2.05, 4.69) is 0 Å². The van der Waals surface area contributed by atoms with Gasteiger partial charge in [0.15, 0.2) is 0 Å². The minimum Gasteiger partial charge on any atom is -0.303 e. The van der Waals surface area contributed by atoms with Gasteiger partial charge in [0.1, 0.15) is 6.29 Å². The fraction of sp³-hybridized carbons (Fsp3) is 0.857. The van der Waals surface area contributed by atoms with E-state index in [9.17, 15) is 4.79 Å². The summed E-state index contributed by atoms with van der Waals surface area (Å²) in [6.45, 7) is 0. The van der Waals surface area contributed by atoms with Crippen LogP contribution in [0.25, 0.3) is 0 Å². The van der Waals surface area contributed by atoms with Crippen molar-refractivity contribution < 1.29 is 4.79 Å². The number of hydrogen-bond acceptors (Lipinski definition) is 1. The molecule has 0 unspecified atom stereocenters. The van der Waals surface area contributed by atoms with Gasteiger partial charge in [-0.2, -0.15) is 0 Å². The Labute approximate surface area is 49.1 Å². The van der Waals surface area contributed by atoms with Crippen LogP contribution >= 0.6 is 0 Å². The van der Waals surface area contributed by atoms with Crippen molar-refractivity contribution in [1.29, 1.82) is 0 Å². The summed E-state index contributed by atoms with van der Waals surface area (Å²) in [6, 6.07) is 0. The van der Waals surface area contributed by atoms with Crippen molar-refractivity contribution in [3.8, 4) is 0 Å². The number of carbonyl (C=O) groups excluding carboxylic acids is 1. The van der Waals surface area contributed by atoms with E-state index < -0.39 is 0 Å². The monoisotopic (exact) mass is 110 g/mol. The van der Waals surface area contributed by atoms with Gasteiger partial charge in [0.2, 0.25) is 0 Å². The van der Waals surface area contributed by atoms with Gasteiger partial charge in [-0.1, -0.05) is 0 Å². The first-order valence-electron chi connectivity index (χ1n) is 3.35. The molecular weight excluding hydrogens is 100 g/mol. The summed E-state index contributed by atoms with van der Waals surface area (Å²) < 4.78 is 0. The van der Waals surface area contributed by atoms with E-state index in [1.54, 1.807) is 0 Å². The summed E-state index contributed by atoms with van der Waals surface area (Å²) in [5.41, 5.74) is 0. The van der Waals surface area contributed by atoms with E-state index in [0.29, 0.717) is 5.92 Å². The van der Waals surface area contributed by atoms with Crippen molar-refractivity contribution in [2.45, 2.75) is 19.3 Å². The first-order valence-corrected chi connectivity index (χ1v) is 3.35. The molecule has 0 aromatic heterocycles. The molecule has 2 fully saturated rings. The van der Waals surface area contributed by atoms with Crippen LogP contribution in [-0.2, 0) is 4.79 Å². The maximum absolute atomic E-state index is 10.2. The van der Waals surface area contributed by atoms with Crippen molar-refractivity contribution in [3.05, 3.63) is 0 Å². The van der Waals surface area contributed by atoms with Gasteiger partial charge in [0.25, 0.3) is 0 Å². The van der Waals surface area contributed by atoms with Crippen LogP contribution < -0.4 is 0 Å². The van der Waals surface area contributed by atoms with Crippen molar-refractivity contribution in [3.63, 3.8) is 0 Å². The van der Waals surface area contributed by atoms with Gasteiger partial charge in [-0.05, 0) is 31.1 Å². The molecule has 2 aliphatic rings. The SMILES string of the molecule is O=CC1C[C@@H]2C[C@H]2C1. The van der Waals surface area contributed by atoms with Crippen molar-refractivity contribution in [2.75, 3.05) is 0 Å². The maximum Gasteiger partial charge on any atom is 0.123 e. The topological polar surface area (TPSA) is 17.1 Å². The van der Waals surface area contributed by atoms with Crippen LogP contribution in [0.3, 0.4) is 0 Å². The smallest absolute Gasteiger partial charge is 0.123 e. The lowest BCUT2D eigenvalue weighted by Gasteiger charge is -1.97. The number of carbonyl (C=O) groups is 1. The molecule has 0 aromatic carbocycles. The van der Waals surface area contributed by atoms with Crippen LogP contribution in [0.1, 0.15) is 19.3 Å². The van der Waals surface area contributed by atoms with Crippen molar-refractivity contribution in [1.82, 2.24) is 0 Å². The molecule has 0 N–H and O–H groups in total. The Morgan fingerprint density at radius 3 is 2.12 bits per heavy atom. The molecule has 0 spiro atoms. The first-order chi connectivity index (χ1) is 3.90. The predicted molar refractivity (Wildman–Crippen MR) is 30.4 cm³/mol. The van der Waals surface area contributed by atoms with E-state index in [1.807, 2.05) is 0 Å². The van der Waals surface area contributed by atoms with Gasteiger partial charge in [0.05, 0.1) is 0 Å². The molecule has 0 amide bonds. The average molecular weight is 110 g/mol. The zero-order chi connectivity index (χ0) is 5.56. The van der Waals surface area contributed by atoms with E-state index in [0.717, 1.165) is 18.1 Å². The molecule has 0 saturated heterocycles. The molecule has 1 heteroatoms. The number of hydrogen-bond donors (Lipinski definition) is 0. The molecule has 0 radical (unpaired) electrons. The third-order valence-corrected chi connectivity index (χ3v) is 2.47. The lowest BCUT2D eigenvalue weighted by atomic mass is 10.1. The minimum atomic E-state index is 0.443. The fourth-order valence-corrected chi connectivity index (χ4v) is 1.87. The normalized spacial score (nSPS) is 44.0. The lowest BCUT2D eigenvalue weighted by Crippen LogP contribution is -1.96. The number of rotatable bonds is 1. The molecule has 0 heterocycles. The third-order valence-electron chi connectivity index (χ3n) is 2.47. The fourth-order valence-electron chi connectivity index (χ4n) is 1.87. The van der Waals surface area contributed by atoms with Gasteiger partial charge in [-0.3, -0.25) is 0 Å². The van der Waals surface area contributed by atoms with E-state index in [1.165, 1.54) is 19.3 Å². The highest BCUT2D eigenvalue weighted by molar-refractivity contribution is 5.54. The van der Waals surface area contributed by atoms with E-state index in [-0.39, 0.29) is 0 Å². The Morgan fingerprint density at radius 1 is 1.12 bits per heavy atom. The highest BCUT2D eigenvalue weighted by atomic mass is 16.1. The van der Waals surface area contributed by atoms with Gasteiger partial charge in [-0.25, -0.2) is 0 Å².